The Kier molecular flexibility index (Phi) is 1.02. The zero-order chi connectivity index (χ0) is 5.28. The van der Waals surface area contributed by atoms with Crippen LogP contribution in [-0.4, -0.2) is 4.79 Å². The molecule has 0 radical (unpaired) electrons. The summed E-state index contributed by atoms with van der Waals surface area (Å²) in [4.78, 5) is 0.405. The van der Waals surface area contributed by atoms with Crippen LogP contribution in [0.5, 0.6) is 0 Å². The second-order valence-electron chi connectivity index (χ2n) is 1.17. The van der Waals surface area contributed by atoms with Gasteiger partial charge in [-0.05, 0) is 6.07 Å². The van der Waals surface area contributed by atoms with Crippen molar-refractivity contribution < 1.29 is 4.48 Å². The lowest BCUT2D eigenvalue weighted by molar-refractivity contribution is 0.371. The quantitative estimate of drug-likeness (QED) is 0.491. The molecule has 0 amide bonds. The molecule has 0 N–H and O–H groups in total. The highest BCUT2D eigenvalue weighted by Gasteiger charge is 1.86. The first kappa shape index (κ1) is 4.65. The van der Waals surface area contributed by atoms with Crippen LogP contribution in [0.2, 0.25) is 5.02 Å². The topological polar surface area (TPSA) is 4.93 Å². The van der Waals surface area contributed by atoms with Crippen LogP contribution in [0.3, 0.4) is 0 Å². The Bertz CT molecular complexity index is 144. The first-order valence-electron chi connectivity index (χ1n) is 1.79. The number of nitrogens with zero attached hydrogens (tertiary/aromatic N) is 1. The summed E-state index contributed by atoms with van der Waals surface area (Å²) < 4.78 is 11.8. The molecular weight excluding hydrogens is 117 g/mol. The van der Waals surface area contributed by atoms with Gasteiger partial charge in [0, 0.05) is 6.20 Å². The summed E-state index contributed by atoms with van der Waals surface area (Å²) in [6.45, 7) is 0. The number of hydrogen-bond donors (Lipinski definition) is 0. The molecule has 0 aliphatic heterocycles. The van der Waals surface area contributed by atoms with E-state index in [9.17, 15) is 4.48 Å². The molecular formula is C4H3ClFN. The molecule has 0 atom stereocenters. The van der Waals surface area contributed by atoms with E-state index >= 15 is 0 Å². The summed E-state index contributed by atoms with van der Waals surface area (Å²) in [5.74, 6) is 0. The molecule has 7 heavy (non-hydrogen) atoms. The van der Waals surface area contributed by atoms with E-state index in [2.05, 4.69) is 0 Å². The van der Waals surface area contributed by atoms with Crippen LogP contribution in [0.1, 0.15) is 0 Å². The van der Waals surface area contributed by atoms with Gasteiger partial charge in [0.1, 0.15) is 0 Å². The van der Waals surface area contributed by atoms with Crippen LogP contribution >= 0.6 is 11.6 Å². The molecule has 0 unspecified atom stereocenters. The summed E-state index contributed by atoms with van der Waals surface area (Å²) >= 11 is 5.30. The number of hydrogen-bond acceptors (Lipinski definition) is 0. The Labute approximate surface area is 45.3 Å². The van der Waals surface area contributed by atoms with Crippen molar-refractivity contribution in [2.45, 2.75) is 0 Å². The van der Waals surface area contributed by atoms with Gasteiger partial charge in [0.25, 0.3) is 0 Å². The van der Waals surface area contributed by atoms with E-state index < -0.39 is 0 Å². The maximum atomic E-state index is 11.8. The summed E-state index contributed by atoms with van der Waals surface area (Å²) in [7, 11) is 0. The molecule has 1 aromatic heterocycles. The van der Waals surface area contributed by atoms with Gasteiger partial charge in [0.15, 0.2) is 0 Å². The minimum Gasteiger partial charge on any atom is -0.193 e. The van der Waals surface area contributed by atoms with E-state index in [1.165, 1.54) is 18.5 Å². The molecule has 1 aromatic rings. The molecule has 1 nitrogen and oxygen atoms in total. The van der Waals surface area contributed by atoms with Crippen molar-refractivity contribution in [1.29, 1.82) is 0 Å². The van der Waals surface area contributed by atoms with Crippen molar-refractivity contribution in [1.82, 2.24) is 4.79 Å². The van der Waals surface area contributed by atoms with Gasteiger partial charge in [-0.2, -0.15) is 4.79 Å². The van der Waals surface area contributed by atoms with Gasteiger partial charge >= 0.3 is 0 Å². The standard InChI is InChI=1S/C4H3ClFN/c5-4-1-2-7(6)3-4/h1-3H. The third-order valence-electron chi connectivity index (χ3n) is 0.623. The van der Waals surface area contributed by atoms with Crippen LogP contribution in [-0.2, 0) is 0 Å². The smallest absolute Gasteiger partial charge is 0.0611 e. The highest BCUT2D eigenvalue weighted by molar-refractivity contribution is 6.30. The van der Waals surface area contributed by atoms with Gasteiger partial charge in [-0.3, -0.25) is 0 Å². The van der Waals surface area contributed by atoms with Crippen molar-refractivity contribution >= 4 is 11.6 Å². The fraction of sp³-hybridized carbons (Fsp3) is 0. The third kappa shape index (κ3) is 0.933. The van der Waals surface area contributed by atoms with Crippen LogP contribution < -0.4 is 0 Å². The monoisotopic (exact) mass is 119 g/mol. The van der Waals surface area contributed by atoms with Crippen LogP contribution in [0.4, 0.5) is 4.48 Å². The highest BCUT2D eigenvalue weighted by atomic mass is 35.5. The minimum atomic E-state index is 0.405. The largest absolute Gasteiger partial charge is 0.193 e. The van der Waals surface area contributed by atoms with Crippen molar-refractivity contribution in [3.8, 4) is 0 Å². The lowest BCUT2D eigenvalue weighted by Gasteiger charge is -1.73. The molecule has 0 saturated heterocycles. The van der Waals surface area contributed by atoms with Gasteiger partial charge in [0.05, 0.1) is 11.2 Å². The maximum absolute atomic E-state index is 11.8. The molecule has 0 bridgehead atoms. The number of rotatable bonds is 0. The zero-order valence-electron chi connectivity index (χ0n) is 3.44. The normalized spacial score (nSPS) is 9.43. The molecule has 38 valence electrons. The predicted octanol–water partition coefficient (Wildman–Crippen LogP) is 1.87. The van der Waals surface area contributed by atoms with Crippen LogP contribution in [0.15, 0.2) is 18.5 Å². The summed E-state index contributed by atoms with van der Waals surface area (Å²) in [6.07, 6.45) is 2.42. The number of aromatic nitrogens is 1. The van der Waals surface area contributed by atoms with E-state index in [-0.39, 0.29) is 0 Å². The fourth-order valence-corrected chi connectivity index (χ4v) is 0.496. The van der Waals surface area contributed by atoms with Gasteiger partial charge in [-0.1, -0.05) is 16.1 Å². The van der Waals surface area contributed by atoms with Gasteiger partial charge < -0.3 is 0 Å². The molecule has 0 saturated carbocycles. The van der Waals surface area contributed by atoms with Crippen LogP contribution in [0, 0.1) is 0 Å². The van der Waals surface area contributed by atoms with Crippen molar-refractivity contribution in [3.05, 3.63) is 23.5 Å². The summed E-state index contributed by atoms with van der Waals surface area (Å²) in [5.41, 5.74) is 0. The molecule has 0 spiro atoms. The Morgan fingerprint density at radius 1 is 1.71 bits per heavy atom. The maximum Gasteiger partial charge on any atom is 0.0611 e. The molecule has 0 aliphatic rings. The van der Waals surface area contributed by atoms with Crippen molar-refractivity contribution in [2.24, 2.45) is 0 Å². The Balaban J connectivity index is 3.04. The van der Waals surface area contributed by atoms with E-state index in [0.29, 0.717) is 9.81 Å². The molecule has 0 aliphatic carbocycles. The predicted molar refractivity (Wildman–Crippen MR) is 25.9 cm³/mol. The second-order valence-corrected chi connectivity index (χ2v) is 1.61. The second kappa shape index (κ2) is 1.54. The first-order chi connectivity index (χ1) is 3.29. The van der Waals surface area contributed by atoms with E-state index in [0.717, 1.165) is 0 Å². The Morgan fingerprint density at radius 3 is 2.57 bits per heavy atom. The van der Waals surface area contributed by atoms with E-state index in [1.807, 2.05) is 0 Å². The third-order valence-corrected chi connectivity index (χ3v) is 0.846. The van der Waals surface area contributed by atoms with E-state index in [1.54, 1.807) is 0 Å². The minimum absolute atomic E-state index is 0.405. The van der Waals surface area contributed by atoms with Gasteiger partial charge in [0.2, 0.25) is 0 Å². The van der Waals surface area contributed by atoms with Crippen molar-refractivity contribution in [2.75, 3.05) is 0 Å². The first-order valence-corrected chi connectivity index (χ1v) is 2.16. The van der Waals surface area contributed by atoms with E-state index in [4.69, 9.17) is 11.6 Å². The lowest BCUT2D eigenvalue weighted by Crippen LogP contribution is -1.66. The highest BCUT2D eigenvalue weighted by Crippen LogP contribution is 2.06. The molecule has 0 aromatic carbocycles. The average molecular weight is 120 g/mol. The molecule has 0 fully saturated rings. The molecule has 3 heteroatoms. The average Bonchev–Trinajstić information content (AvgIpc) is 1.87. The Hall–Kier alpha value is -0.500. The molecule has 1 heterocycles. The zero-order valence-corrected chi connectivity index (χ0v) is 4.19. The van der Waals surface area contributed by atoms with Crippen LogP contribution in [0.25, 0.3) is 0 Å². The summed E-state index contributed by atoms with van der Waals surface area (Å²) in [5, 5.41) is 0.419. The number of halogens is 2. The Morgan fingerprint density at radius 2 is 2.43 bits per heavy atom. The summed E-state index contributed by atoms with van der Waals surface area (Å²) in [6, 6.07) is 1.47. The van der Waals surface area contributed by atoms with Gasteiger partial charge in [-0.25, -0.2) is 0 Å². The van der Waals surface area contributed by atoms with Gasteiger partial charge in [-0.15, -0.1) is 0 Å². The SMILES string of the molecule is Fn1ccc(Cl)c1. The van der Waals surface area contributed by atoms with Crippen molar-refractivity contribution in [3.63, 3.8) is 0 Å². The molecule has 1 rings (SSSR count). The lowest BCUT2D eigenvalue weighted by atomic mass is 10.7. The fourth-order valence-electron chi connectivity index (χ4n) is 0.346.